The number of amides is 1. The highest BCUT2D eigenvalue weighted by Gasteiger charge is 2.43. The Bertz CT molecular complexity index is 1280. The highest BCUT2D eigenvalue weighted by atomic mass is 16.5. The summed E-state index contributed by atoms with van der Waals surface area (Å²) in [6, 6.07) is 20.2. The van der Waals surface area contributed by atoms with E-state index in [1.54, 1.807) is 6.33 Å². The number of benzene rings is 2. The Kier molecular flexibility index (Phi) is 8.81. The molecule has 2 aromatic carbocycles. The number of imidazole rings is 1. The molecule has 2 unspecified atom stereocenters. The SMILES string of the molecule is O=C(c1ncn(C2CCCCC2(O)COC2CCOCC2)c1-c1ccccc1)N1CCNC[C@H]1Cc1ccccc1. The minimum atomic E-state index is -1.04. The fraction of sp³-hybridized carbons (Fsp3) is 0.515. The van der Waals surface area contributed by atoms with Crippen LogP contribution < -0.4 is 5.32 Å². The lowest BCUT2D eigenvalue weighted by molar-refractivity contribution is -0.131. The molecule has 2 N–H and O–H groups in total. The van der Waals surface area contributed by atoms with Crippen LogP contribution in [0.1, 0.15) is 60.6 Å². The number of carbonyl (C=O) groups excluding carboxylic acids is 1. The smallest absolute Gasteiger partial charge is 0.275 e. The maximum Gasteiger partial charge on any atom is 0.275 e. The Morgan fingerprint density at radius 2 is 1.80 bits per heavy atom. The van der Waals surface area contributed by atoms with Gasteiger partial charge in [-0.3, -0.25) is 4.79 Å². The molecule has 0 bridgehead atoms. The molecule has 1 aliphatic carbocycles. The van der Waals surface area contributed by atoms with Gasteiger partial charge in [0.25, 0.3) is 5.91 Å². The van der Waals surface area contributed by atoms with Gasteiger partial charge >= 0.3 is 0 Å². The second-order valence-corrected chi connectivity index (χ2v) is 11.7. The van der Waals surface area contributed by atoms with Crippen LogP contribution in [0.5, 0.6) is 0 Å². The number of nitrogens with one attached hydrogen (secondary N) is 1. The van der Waals surface area contributed by atoms with Crippen LogP contribution in [-0.4, -0.2) is 82.7 Å². The van der Waals surface area contributed by atoms with Crippen molar-refractivity contribution >= 4 is 5.91 Å². The number of carbonyl (C=O) groups is 1. The summed E-state index contributed by atoms with van der Waals surface area (Å²) < 4.78 is 13.9. The predicted octanol–water partition coefficient (Wildman–Crippen LogP) is 4.25. The van der Waals surface area contributed by atoms with E-state index in [1.165, 1.54) is 5.56 Å². The monoisotopic (exact) mass is 558 g/mol. The largest absolute Gasteiger partial charge is 0.385 e. The van der Waals surface area contributed by atoms with Crippen molar-refractivity contribution in [2.24, 2.45) is 0 Å². The van der Waals surface area contributed by atoms with Crippen molar-refractivity contribution < 1.29 is 19.4 Å². The molecule has 2 saturated heterocycles. The van der Waals surface area contributed by atoms with Crippen LogP contribution in [0.2, 0.25) is 0 Å². The van der Waals surface area contributed by atoms with Crippen LogP contribution in [0.15, 0.2) is 67.0 Å². The van der Waals surface area contributed by atoms with E-state index in [2.05, 4.69) is 22.0 Å². The molecule has 3 fully saturated rings. The first-order valence-corrected chi connectivity index (χ1v) is 15.2. The van der Waals surface area contributed by atoms with Crippen molar-refractivity contribution in [1.29, 1.82) is 0 Å². The van der Waals surface area contributed by atoms with E-state index in [0.29, 0.717) is 31.9 Å². The maximum absolute atomic E-state index is 14.3. The van der Waals surface area contributed by atoms with Crippen LogP contribution in [0.3, 0.4) is 0 Å². The third-order valence-electron chi connectivity index (χ3n) is 9.00. The molecule has 41 heavy (non-hydrogen) atoms. The topological polar surface area (TPSA) is 88.9 Å². The average Bonchev–Trinajstić information content (AvgIpc) is 3.46. The zero-order valence-corrected chi connectivity index (χ0v) is 23.8. The number of piperazine rings is 1. The maximum atomic E-state index is 14.3. The van der Waals surface area contributed by atoms with Gasteiger partial charge in [0.2, 0.25) is 0 Å². The van der Waals surface area contributed by atoms with Gasteiger partial charge in [-0.1, -0.05) is 73.5 Å². The van der Waals surface area contributed by atoms with E-state index in [0.717, 1.165) is 62.9 Å². The quantitative estimate of drug-likeness (QED) is 0.430. The van der Waals surface area contributed by atoms with Gasteiger partial charge < -0.3 is 29.4 Å². The van der Waals surface area contributed by atoms with E-state index < -0.39 is 5.60 Å². The van der Waals surface area contributed by atoms with E-state index in [1.807, 2.05) is 53.4 Å². The molecule has 1 amide bonds. The minimum absolute atomic E-state index is 0.0342. The first-order valence-electron chi connectivity index (χ1n) is 15.2. The van der Waals surface area contributed by atoms with Crippen LogP contribution in [-0.2, 0) is 15.9 Å². The zero-order chi connectivity index (χ0) is 28.1. The first-order chi connectivity index (χ1) is 20.1. The second kappa shape index (κ2) is 12.9. The van der Waals surface area contributed by atoms with Crippen molar-refractivity contribution in [3.63, 3.8) is 0 Å². The minimum Gasteiger partial charge on any atom is -0.385 e. The molecular formula is C33H42N4O4. The highest BCUT2D eigenvalue weighted by molar-refractivity contribution is 5.98. The van der Waals surface area contributed by atoms with E-state index in [9.17, 15) is 9.90 Å². The molecule has 8 nitrogen and oxygen atoms in total. The number of hydrogen-bond donors (Lipinski definition) is 2. The summed E-state index contributed by atoms with van der Waals surface area (Å²) >= 11 is 0. The van der Waals surface area contributed by atoms with Crippen molar-refractivity contribution in [1.82, 2.24) is 19.8 Å². The molecule has 3 atom stereocenters. The molecule has 0 radical (unpaired) electrons. The summed E-state index contributed by atoms with van der Waals surface area (Å²) in [5.74, 6) is -0.0529. The summed E-state index contributed by atoms with van der Waals surface area (Å²) in [7, 11) is 0. The number of aromatic nitrogens is 2. The van der Waals surface area contributed by atoms with E-state index >= 15 is 0 Å². The van der Waals surface area contributed by atoms with Gasteiger partial charge in [-0.2, -0.15) is 0 Å². The van der Waals surface area contributed by atoms with Gasteiger partial charge in [-0.15, -0.1) is 0 Å². The van der Waals surface area contributed by atoms with Crippen LogP contribution in [0, 0.1) is 0 Å². The number of rotatable bonds is 8. The lowest BCUT2D eigenvalue weighted by atomic mass is 9.80. The molecular weight excluding hydrogens is 516 g/mol. The van der Waals surface area contributed by atoms with Crippen molar-refractivity contribution in [3.05, 3.63) is 78.2 Å². The van der Waals surface area contributed by atoms with Crippen LogP contribution in [0.4, 0.5) is 0 Å². The van der Waals surface area contributed by atoms with E-state index in [-0.39, 0.29) is 30.7 Å². The highest BCUT2D eigenvalue weighted by Crippen LogP contribution is 2.41. The number of hydrogen-bond acceptors (Lipinski definition) is 6. The second-order valence-electron chi connectivity index (χ2n) is 11.7. The number of aliphatic hydroxyl groups is 1. The molecule has 1 saturated carbocycles. The third kappa shape index (κ3) is 6.26. The molecule has 0 spiro atoms. The average molecular weight is 559 g/mol. The van der Waals surface area contributed by atoms with Crippen molar-refractivity contribution in [2.75, 3.05) is 39.5 Å². The van der Waals surface area contributed by atoms with Crippen LogP contribution in [0.25, 0.3) is 11.3 Å². The summed E-state index contributed by atoms with van der Waals surface area (Å²) in [5.41, 5.74) is 2.34. The molecule has 1 aromatic heterocycles. The summed E-state index contributed by atoms with van der Waals surface area (Å²) in [6.07, 6.45) is 7.81. The fourth-order valence-electron chi connectivity index (χ4n) is 6.74. The molecule has 8 heteroatoms. The Hall–Kier alpha value is -3.04. The Labute approximate surface area is 242 Å². The van der Waals surface area contributed by atoms with Gasteiger partial charge in [0.05, 0.1) is 30.8 Å². The summed E-state index contributed by atoms with van der Waals surface area (Å²) in [4.78, 5) is 21.1. The standard InChI is InChI=1S/C33H42N4O4/c38-32(36-18-17-34-22-27(36)21-25-9-3-1-4-10-25)30-31(26-11-5-2-6-12-26)37(24-35-30)29-13-7-8-16-33(29,39)23-41-28-14-19-40-20-15-28/h1-6,9-12,24,27-29,34,39H,7-8,13-23H2/t27-,29?,33?/m1/s1. The predicted molar refractivity (Wildman–Crippen MR) is 158 cm³/mol. The lowest BCUT2D eigenvalue weighted by Crippen LogP contribution is -2.54. The number of ether oxygens (including phenoxy) is 2. The Balaban J connectivity index is 1.32. The van der Waals surface area contributed by atoms with Gasteiger partial charge in [-0.05, 0) is 37.7 Å². The van der Waals surface area contributed by atoms with Gasteiger partial charge in [0, 0.05) is 44.5 Å². The van der Waals surface area contributed by atoms with Crippen LogP contribution >= 0.6 is 0 Å². The number of nitrogens with zero attached hydrogens (tertiary/aromatic N) is 3. The molecule has 3 aliphatic rings. The van der Waals surface area contributed by atoms with Gasteiger partial charge in [0.15, 0.2) is 5.69 Å². The zero-order valence-electron chi connectivity index (χ0n) is 23.8. The third-order valence-corrected chi connectivity index (χ3v) is 9.00. The van der Waals surface area contributed by atoms with Crippen molar-refractivity contribution in [2.45, 2.75) is 68.7 Å². The van der Waals surface area contributed by atoms with Gasteiger partial charge in [-0.25, -0.2) is 4.98 Å². The normalized spacial score (nSPS) is 25.7. The Morgan fingerprint density at radius 3 is 2.59 bits per heavy atom. The van der Waals surface area contributed by atoms with Gasteiger partial charge in [0.1, 0.15) is 5.60 Å². The molecule has 3 heterocycles. The fourth-order valence-corrected chi connectivity index (χ4v) is 6.74. The van der Waals surface area contributed by atoms with E-state index in [4.69, 9.17) is 14.5 Å². The summed E-state index contributed by atoms with van der Waals surface area (Å²) in [5, 5.41) is 15.6. The van der Waals surface area contributed by atoms with Crippen molar-refractivity contribution in [3.8, 4) is 11.3 Å². The Morgan fingerprint density at radius 1 is 1.05 bits per heavy atom. The summed E-state index contributed by atoms with van der Waals surface area (Å²) in [6.45, 7) is 3.81. The molecule has 6 rings (SSSR count). The molecule has 3 aromatic rings. The lowest BCUT2D eigenvalue weighted by Gasteiger charge is -2.42. The first kappa shape index (κ1) is 28.1. The molecule has 218 valence electrons. The molecule has 2 aliphatic heterocycles.